The first-order valence-electron chi connectivity index (χ1n) is 8.75. The monoisotopic (exact) mass is 358 g/mol. The third-order valence-electron chi connectivity index (χ3n) is 6.13. The summed E-state index contributed by atoms with van der Waals surface area (Å²) in [5.74, 6) is -1.67. The van der Waals surface area contributed by atoms with Gasteiger partial charge in [-0.15, -0.1) is 0 Å². The molecule has 0 radical (unpaired) electrons. The van der Waals surface area contributed by atoms with Crippen LogP contribution in [0.1, 0.15) is 43.1 Å². The zero-order valence-electron chi connectivity index (χ0n) is 14.5. The first-order chi connectivity index (χ1) is 12.2. The second kappa shape index (κ2) is 4.62. The number of carbonyl (C=O) groups is 1. The van der Waals surface area contributed by atoms with Crippen molar-refractivity contribution in [2.45, 2.75) is 43.8 Å². The number of halogens is 1. The van der Waals surface area contributed by atoms with Crippen LogP contribution in [0, 0.1) is 5.82 Å². The van der Waals surface area contributed by atoms with Crippen molar-refractivity contribution < 1.29 is 14.3 Å². The molecule has 0 bridgehead atoms. The van der Waals surface area contributed by atoms with E-state index < -0.39 is 17.2 Å². The summed E-state index contributed by atoms with van der Waals surface area (Å²) in [6, 6.07) is 1.26. The summed E-state index contributed by atoms with van der Waals surface area (Å²) in [6.07, 6.45) is 3.15. The number of pyridine rings is 2. The predicted molar refractivity (Wildman–Crippen MR) is 93.4 cm³/mol. The maximum atomic E-state index is 14.8. The first-order valence-corrected chi connectivity index (χ1v) is 8.75. The summed E-state index contributed by atoms with van der Waals surface area (Å²) in [6.45, 7) is 5.48. The smallest absolute Gasteiger partial charge is 0.341 e. The van der Waals surface area contributed by atoms with Gasteiger partial charge in [0.15, 0.2) is 11.6 Å². The molecular formula is C18H19FN4O3. The van der Waals surface area contributed by atoms with Gasteiger partial charge < -0.3 is 14.6 Å². The zero-order chi connectivity index (χ0) is 18.4. The van der Waals surface area contributed by atoms with Gasteiger partial charge in [-0.1, -0.05) is 0 Å². The Labute approximate surface area is 148 Å². The highest BCUT2D eigenvalue weighted by molar-refractivity contribution is 5.92. The van der Waals surface area contributed by atoms with Crippen LogP contribution in [-0.4, -0.2) is 44.8 Å². The molecule has 2 atom stereocenters. The molecule has 2 unspecified atom stereocenters. The number of nitrogens with zero attached hydrogens (tertiary/aromatic N) is 3. The van der Waals surface area contributed by atoms with Crippen LogP contribution < -0.4 is 15.6 Å². The number of aromatic nitrogens is 2. The van der Waals surface area contributed by atoms with Crippen LogP contribution in [0.5, 0.6) is 0 Å². The number of anilines is 1. The quantitative estimate of drug-likeness (QED) is 0.807. The number of rotatable bonds is 3. The Hall–Kier alpha value is -2.48. The minimum absolute atomic E-state index is 0.0259. The number of hydrogen-bond donors (Lipinski definition) is 2. The van der Waals surface area contributed by atoms with E-state index in [1.165, 1.54) is 6.20 Å². The average molecular weight is 358 g/mol. The Kier molecular flexibility index (Phi) is 2.80. The lowest BCUT2D eigenvalue weighted by atomic mass is 10.0. The fourth-order valence-electron chi connectivity index (χ4n) is 4.22. The van der Waals surface area contributed by atoms with Crippen molar-refractivity contribution in [3.63, 3.8) is 0 Å². The first kappa shape index (κ1) is 15.7. The zero-order valence-corrected chi connectivity index (χ0v) is 14.5. The van der Waals surface area contributed by atoms with Crippen LogP contribution in [-0.2, 0) is 0 Å². The highest BCUT2D eigenvalue weighted by atomic mass is 19.1. The molecule has 2 aliphatic heterocycles. The third kappa shape index (κ3) is 1.99. The SMILES string of the molecule is CC12CN(c3nc4c(cc3F)c(=O)c(C(=O)O)cn4C3CC3)CC1(C)N2. The Balaban J connectivity index is 1.70. The molecule has 0 spiro atoms. The summed E-state index contributed by atoms with van der Waals surface area (Å²) in [7, 11) is 0. The van der Waals surface area contributed by atoms with E-state index in [9.17, 15) is 19.1 Å². The number of piperazine rings is 1. The van der Waals surface area contributed by atoms with Crippen LogP contribution in [0.25, 0.3) is 11.0 Å². The molecule has 0 aromatic carbocycles. The van der Waals surface area contributed by atoms with Gasteiger partial charge in [0.25, 0.3) is 0 Å². The van der Waals surface area contributed by atoms with E-state index in [1.54, 1.807) is 4.57 Å². The number of carboxylic acid groups (broad SMARTS) is 1. The molecule has 1 saturated carbocycles. The third-order valence-corrected chi connectivity index (χ3v) is 6.13. The molecular weight excluding hydrogens is 339 g/mol. The van der Waals surface area contributed by atoms with Crippen molar-refractivity contribution in [2.75, 3.05) is 18.0 Å². The standard InChI is InChI=1S/C18H19FN4O3/c1-17-7-22(8-18(17,2)21-17)15-12(19)5-10-13(24)11(16(25)26)6-23(9-3-4-9)14(10)20-15/h5-6,9,21H,3-4,7-8H2,1-2H3,(H,25,26). The molecule has 26 heavy (non-hydrogen) atoms. The fourth-order valence-corrected chi connectivity index (χ4v) is 4.22. The van der Waals surface area contributed by atoms with Crippen molar-refractivity contribution in [3.8, 4) is 0 Å². The van der Waals surface area contributed by atoms with Crippen molar-refractivity contribution in [2.24, 2.45) is 0 Å². The van der Waals surface area contributed by atoms with Gasteiger partial charge in [0, 0.05) is 25.3 Å². The van der Waals surface area contributed by atoms with Gasteiger partial charge in [-0.05, 0) is 32.8 Å². The lowest BCUT2D eigenvalue weighted by molar-refractivity contribution is 0.0695. The molecule has 8 heteroatoms. The van der Waals surface area contributed by atoms with Crippen LogP contribution in [0.15, 0.2) is 17.1 Å². The van der Waals surface area contributed by atoms with E-state index >= 15 is 0 Å². The lowest BCUT2D eigenvalue weighted by Gasteiger charge is -2.23. The summed E-state index contributed by atoms with van der Waals surface area (Å²) in [4.78, 5) is 30.3. The highest BCUT2D eigenvalue weighted by Gasteiger charge is 2.66. The Bertz CT molecular complexity index is 1030. The van der Waals surface area contributed by atoms with Gasteiger partial charge in [0.2, 0.25) is 5.43 Å². The second-order valence-electron chi connectivity index (χ2n) is 8.13. The van der Waals surface area contributed by atoms with E-state index in [0.717, 1.165) is 18.9 Å². The number of nitrogens with one attached hydrogen (secondary N) is 1. The van der Waals surface area contributed by atoms with Crippen molar-refractivity contribution >= 4 is 22.8 Å². The van der Waals surface area contributed by atoms with Crippen molar-refractivity contribution in [1.29, 1.82) is 0 Å². The van der Waals surface area contributed by atoms with Crippen LogP contribution >= 0.6 is 0 Å². The summed E-state index contributed by atoms with van der Waals surface area (Å²) >= 11 is 0. The fraction of sp³-hybridized carbons (Fsp3) is 0.500. The van der Waals surface area contributed by atoms with E-state index in [2.05, 4.69) is 24.1 Å². The predicted octanol–water partition coefficient (Wildman–Crippen LogP) is 1.51. The topological polar surface area (TPSA) is 97.4 Å². The number of aromatic carboxylic acids is 1. The molecule has 2 aromatic rings. The van der Waals surface area contributed by atoms with Gasteiger partial charge in [-0.2, -0.15) is 0 Å². The second-order valence-corrected chi connectivity index (χ2v) is 8.13. The van der Waals surface area contributed by atoms with Crippen molar-refractivity contribution in [1.82, 2.24) is 14.9 Å². The molecule has 1 aliphatic carbocycles. The molecule has 7 nitrogen and oxygen atoms in total. The minimum atomic E-state index is -1.30. The molecule has 3 aliphatic rings. The largest absolute Gasteiger partial charge is 0.477 e. The van der Waals surface area contributed by atoms with Crippen LogP contribution in [0.4, 0.5) is 10.2 Å². The maximum Gasteiger partial charge on any atom is 0.341 e. The van der Waals surface area contributed by atoms with Gasteiger partial charge >= 0.3 is 5.97 Å². The normalized spacial score (nSPS) is 29.9. The van der Waals surface area contributed by atoms with E-state index in [1.807, 2.05) is 4.90 Å². The summed E-state index contributed by atoms with van der Waals surface area (Å²) in [5, 5.41) is 12.8. The van der Waals surface area contributed by atoms with E-state index in [4.69, 9.17) is 0 Å². The Morgan fingerprint density at radius 1 is 1.35 bits per heavy atom. The summed E-state index contributed by atoms with van der Waals surface area (Å²) < 4.78 is 16.5. The van der Waals surface area contributed by atoms with Gasteiger partial charge in [-0.25, -0.2) is 14.2 Å². The van der Waals surface area contributed by atoms with Crippen LogP contribution in [0.2, 0.25) is 0 Å². The minimum Gasteiger partial charge on any atom is -0.477 e. The molecule has 136 valence electrons. The number of hydrogen-bond acceptors (Lipinski definition) is 5. The van der Waals surface area contributed by atoms with Crippen molar-refractivity contribution in [3.05, 3.63) is 33.9 Å². The summed E-state index contributed by atoms with van der Waals surface area (Å²) in [5.41, 5.74) is -0.779. The van der Waals surface area contributed by atoms with Gasteiger partial charge in [0.1, 0.15) is 11.2 Å². The Morgan fingerprint density at radius 3 is 2.58 bits per heavy atom. The van der Waals surface area contributed by atoms with E-state index in [0.29, 0.717) is 18.7 Å². The Morgan fingerprint density at radius 2 is 2.00 bits per heavy atom. The molecule has 5 rings (SSSR count). The molecule has 0 amide bonds. The lowest BCUT2D eigenvalue weighted by Crippen LogP contribution is -2.33. The van der Waals surface area contributed by atoms with Crippen LogP contribution in [0.3, 0.4) is 0 Å². The number of carboxylic acids is 1. The molecule has 3 fully saturated rings. The average Bonchev–Trinajstić information content (AvgIpc) is 3.44. The maximum absolute atomic E-state index is 14.8. The molecule has 2 aromatic heterocycles. The molecule has 2 saturated heterocycles. The number of fused-ring (bicyclic) bond motifs is 2. The molecule has 2 N–H and O–H groups in total. The molecule has 4 heterocycles. The van der Waals surface area contributed by atoms with Gasteiger partial charge in [0.05, 0.1) is 16.5 Å². The highest BCUT2D eigenvalue weighted by Crippen LogP contribution is 2.46. The van der Waals surface area contributed by atoms with Gasteiger partial charge in [-0.3, -0.25) is 10.1 Å². The van der Waals surface area contributed by atoms with E-state index in [-0.39, 0.29) is 33.9 Å².